The lowest BCUT2D eigenvalue weighted by atomic mass is 9.52. The number of allylic oxidation sites excluding steroid dienone is 1. The van der Waals surface area contributed by atoms with Crippen molar-refractivity contribution in [1.82, 2.24) is 19.1 Å². The predicted molar refractivity (Wildman–Crippen MR) is 203 cm³/mol. The lowest BCUT2D eigenvalue weighted by Gasteiger charge is -2.80. The third-order valence-electron chi connectivity index (χ3n) is 13.2. The summed E-state index contributed by atoms with van der Waals surface area (Å²) in [4.78, 5) is 37.2. The number of hydrogen-bond acceptors (Lipinski definition) is 7. The number of piperidine rings is 1. The molecule has 4 fully saturated rings. The molecule has 3 aromatic rings. The number of nitrogens with zero attached hydrogens (tertiary/aromatic N) is 4. The molecule has 6 aliphatic rings. The van der Waals surface area contributed by atoms with Crippen molar-refractivity contribution in [3.8, 4) is 17.0 Å². The molecule has 2 aromatic carbocycles. The van der Waals surface area contributed by atoms with Crippen molar-refractivity contribution in [2.24, 2.45) is 10.9 Å². The van der Waals surface area contributed by atoms with Crippen LogP contribution in [0.4, 0.5) is 0 Å². The van der Waals surface area contributed by atoms with Gasteiger partial charge in [-0.15, -0.1) is 0 Å². The Hall–Kier alpha value is -4.22. The van der Waals surface area contributed by atoms with Gasteiger partial charge in [-0.3, -0.25) is 14.5 Å². The van der Waals surface area contributed by atoms with Gasteiger partial charge in [0.15, 0.2) is 5.03 Å². The summed E-state index contributed by atoms with van der Waals surface area (Å²) in [7, 11) is -0.344. The maximum atomic E-state index is 14.6. The molecule has 10 nitrogen and oxygen atoms in total. The number of rotatable bonds is 7. The van der Waals surface area contributed by atoms with Gasteiger partial charge in [0.1, 0.15) is 5.75 Å². The van der Waals surface area contributed by atoms with Crippen LogP contribution in [0.2, 0.25) is 0 Å². The summed E-state index contributed by atoms with van der Waals surface area (Å²) in [5.41, 5.74) is 6.21. The smallest absolute Gasteiger partial charge is 0.281 e. The van der Waals surface area contributed by atoms with Crippen molar-refractivity contribution in [2.75, 3.05) is 20.7 Å². The van der Waals surface area contributed by atoms with Crippen molar-refractivity contribution >= 4 is 45.0 Å². The van der Waals surface area contributed by atoms with E-state index in [0.717, 1.165) is 91.4 Å². The average molecular weight is 722 g/mol. The molecular formula is C41H47N5O5S. The number of amides is 2. The minimum atomic E-state index is -4.18. The maximum absolute atomic E-state index is 14.6. The zero-order chi connectivity index (χ0) is 35.9. The van der Waals surface area contributed by atoms with Gasteiger partial charge in [-0.2, -0.15) is 8.42 Å². The number of carbonyl (C=O) groups excluding carboxylic acids is 2. The number of benzene rings is 2. The molecule has 11 heteroatoms. The number of carbonyl (C=O) groups is 2. The van der Waals surface area contributed by atoms with Gasteiger partial charge in [-0.1, -0.05) is 32.3 Å². The van der Waals surface area contributed by atoms with Crippen LogP contribution >= 0.6 is 0 Å². The molecule has 52 heavy (non-hydrogen) atoms. The van der Waals surface area contributed by atoms with Gasteiger partial charge >= 0.3 is 0 Å². The fourth-order valence-electron chi connectivity index (χ4n) is 10.2. The number of nitrogens with one attached hydrogen (secondary N) is 1. The fraction of sp³-hybridized carbons (Fsp3) is 0.488. The number of ether oxygens (including phenoxy) is 1. The number of hydrogen-bond donors (Lipinski definition) is 1. The Kier molecular flexibility index (Phi) is 8.04. The summed E-state index contributed by atoms with van der Waals surface area (Å²) in [6, 6.07) is 12.1. The molecule has 5 heterocycles. The van der Waals surface area contributed by atoms with E-state index in [1.165, 1.54) is 12.0 Å². The zero-order valence-corrected chi connectivity index (χ0v) is 31.0. The molecule has 0 radical (unpaired) electrons. The summed E-state index contributed by atoms with van der Waals surface area (Å²) in [6.07, 6.45) is 15.4. The van der Waals surface area contributed by atoms with Crippen molar-refractivity contribution in [3.05, 3.63) is 69.8 Å². The molecule has 0 bridgehead atoms. The number of methoxy groups -OCH3 is 1. The monoisotopic (exact) mass is 721 g/mol. The first-order valence-electron chi connectivity index (χ1n) is 19.0. The van der Waals surface area contributed by atoms with Crippen molar-refractivity contribution in [2.45, 2.75) is 101 Å². The van der Waals surface area contributed by atoms with Crippen LogP contribution in [-0.2, 0) is 21.4 Å². The molecule has 4 aliphatic heterocycles. The topological polar surface area (TPSA) is 113 Å². The molecule has 2 aliphatic carbocycles. The minimum absolute atomic E-state index is 0.0728. The maximum Gasteiger partial charge on any atom is 0.281 e. The van der Waals surface area contributed by atoms with Crippen LogP contribution in [-0.4, -0.2) is 79.1 Å². The molecule has 4 atom stereocenters. The van der Waals surface area contributed by atoms with Gasteiger partial charge in [0, 0.05) is 40.4 Å². The van der Waals surface area contributed by atoms with Crippen molar-refractivity contribution in [3.63, 3.8) is 0 Å². The Balaban J connectivity index is 1.15. The average Bonchev–Trinajstić information content (AvgIpc) is 3.27. The molecule has 1 aromatic heterocycles. The van der Waals surface area contributed by atoms with E-state index in [9.17, 15) is 18.0 Å². The van der Waals surface area contributed by atoms with Gasteiger partial charge < -0.3 is 14.2 Å². The van der Waals surface area contributed by atoms with Crippen molar-refractivity contribution < 1.29 is 22.7 Å². The molecule has 1 spiro atoms. The van der Waals surface area contributed by atoms with Gasteiger partial charge in [-0.05, 0) is 117 Å². The molecule has 2 saturated carbocycles. The Morgan fingerprint density at radius 2 is 1.87 bits per heavy atom. The summed E-state index contributed by atoms with van der Waals surface area (Å²) in [6.45, 7) is 3.29. The Morgan fingerprint density at radius 1 is 1.04 bits per heavy atom. The second-order valence-corrected chi connectivity index (χ2v) is 17.3. The van der Waals surface area contributed by atoms with Crippen molar-refractivity contribution in [1.29, 1.82) is 0 Å². The number of aromatic nitrogens is 1. The molecule has 2 amide bonds. The summed E-state index contributed by atoms with van der Waals surface area (Å²) in [5.74, 6) is 0.624. The van der Waals surface area contributed by atoms with Crippen LogP contribution in [0.1, 0.15) is 98.5 Å². The quantitative estimate of drug-likeness (QED) is 0.294. The first kappa shape index (κ1) is 33.6. The number of likely N-dealkylation sites (N-methyl/N-ethyl adjacent to an activating group) is 1. The van der Waals surface area contributed by atoms with Gasteiger partial charge in [0.25, 0.3) is 21.8 Å². The number of piperazine rings is 1. The van der Waals surface area contributed by atoms with Gasteiger partial charge in [0.05, 0.1) is 37.0 Å². The van der Waals surface area contributed by atoms with Crippen LogP contribution in [0.25, 0.3) is 28.2 Å². The molecule has 1 N–H and O–H groups in total. The van der Waals surface area contributed by atoms with E-state index in [4.69, 9.17) is 4.74 Å². The largest absolute Gasteiger partial charge is 0.497 e. The second-order valence-electron chi connectivity index (χ2n) is 15.7. The summed E-state index contributed by atoms with van der Waals surface area (Å²) >= 11 is 0. The Morgan fingerprint density at radius 3 is 2.58 bits per heavy atom. The highest BCUT2D eigenvalue weighted by Crippen LogP contribution is 2.60. The molecule has 9 rings (SSSR count). The summed E-state index contributed by atoms with van der Waals surface area (Å²) in [5, 5.41) is 0.925. The van der Waals surface area contributed by atoms with E-state index >= 15 is 0 Å². The molecule has 4 unspecified atom stereocenters. The number of aliphatic imine (C=N–C) groups is 1. The molecular weight excluding hydrogens is 675 g/mol. The lowest BCUT2D eigenvalue weighted by molar-refractivity contribution is -0.273. The van der Waals surface area contributed by atoms with Gasteiger partial charge in [-0.25, -0.2) is 9.71 Å². The van der Waals surface area contributed by atoms with E-state index in [2.05, 4.69) is 50.2 Å². The van der Waals surface area contributed by atoms with E-state index in [1.54, 1.807) is 25.5 Å². The standard InChI is InChI=1S/C41H47N5O5S/c1-4-25-9-8-12-36(42-22-25)52(49,50)43-39(47)27-13-15-32-33(21-27)45-23-29(40(48)46-34-17-18-41(34)35(46)24-44(41)2)19-28-20-30(51-3)14-16-31(28)38(45)37(32)26-10-6-5-7-11-26/h12-16,19-22,25-26,34-35H,4-11,17-18,23-24H2,1-3H3,(H,43,47). The predicted octanol–water partition coefficient (Wildman–Crippen LogP) is 6.61. The van der Waals surface area contributed by atoms with Gasteiger partial charge in [0.2, 0.25) is 0 Å². The molecule has 2 saturated heterocycles. The minimum Gasteiger partial charge on any atom is -0.497 e. The van der Waals surface area contributed by atoms with E-state index < -0.39 is 15.9 Å². The SMILES string of the molecule is CCC1C=NC(S(=O)(=O)NC(=O)c2ccc3c(C4CCCCC4)c4n(c3c2)CC(C(=O)N2C3CCC35C2CN5C)=Cc2cc(OC)ccc2-4)=CCC1. The van der Waals surface area contributed by atoms with Crippen LogP contribution < -0.4 is 9.46 Å². The van der Waals surface area contributed by atoms with E-state index in [-0.39, 0.29) is 40.0 Å². The first-order chi connectivity index (χ1) is 25.1. The highest BCUT2D eigenvalue weighted by atomic mass is 32.2. The number of fused-ring (bicyclic) bond motifs is 5. The summed E-state index contributed by atoms with van der Waals surface area (Å²) < 4.78 is 37.0. The lowest BCUT2D eigenvalue weighted by Crippen LogP contribution is -2.95. The van der Waals surface area contributed by atoms with Crippen LogP contribution in [0.15, 0.2) is 58.1 Å². The zero-order valence-electron chi connectivity index (χ0n) is 30.2. The third kappa shape index (κ3) is 4.98. The highest BCUT2D eigenvalue weighted by molar-refractivity contribution is 7.93. The second kappa shape index (κ2) is 12.4. The van der Waals surface area contributed by atoms with Crippen LogP contribution in [0.5, 0.6) is 5.75 Å². The Bertz CT molecular complexity index is 2200. The number of sulfonamides is 1. The first-order valence-corrected chi connectivity index (χ1v) is 20.5. The normalized spacial score (nSPS) is 26.9. The third-order valence-corrected chi connectivity index (χ3v) is 14.4. The molecule has 272 valence electrons. The van der Waals surface area contributed by atoms with Crippen LogP contribution in [0, 0.1) is 5.92 Å². The highest BCUT2D eigenvalue weighted by Gasteiger charge is 2.75. The fourth-order valence-corrected chi connectivity index (χ4v) is 11.2. The number of likely N-dealkylation sites (tertiary alicyclic amines) is 2. The Labute approximate surface area is 305 Å². The van der Waals surface area contributed by atoms with Crippen LogP contribution in [0.3, 0.4) is 0 Å². The van der Waals surface area contributed by atoms with E-state index in [0.29, 0.717) is 24.5 Å². The van der Waals surface area contributed by atoms with E-state index in [1.807, 2.05) is 24.3 Å².